The highest BCUT2D eigenvalue weighted by Gasteiger charge is 2.21. The van der Waals surface area contributed by atoms with E-state index < -0.39 is 21.1 Å². The summed E-state index contributed by atoms with van der Waals surface area (Å²) in [5.74, 6) is 4.41. The average Bonchev–Trinajstić information content (AvgIpc) is 2.38. The molecule has 0 amide bonds. The molecule has 0 bridgehead atoms. The van der Waals surface area contributed by atoms with E-state index in [0.717, 1.165) is 6.07 Å². The molecule has 7 heteroatoms. The number of nitriles is 1. The van der Waals surface area contributed by atoms with Gasteiger partial charge in [-0.15, -0.1) is 0 Å². The van der Waals surface area contributed by atoms with Crippen molar-refractivity contribution in [2.75, 3.05) is 11.3 Å². The Kier molecular flexibility index (Phi) is 4.87. The highest BCUT2D eigenvalue weighted by Crippen LogP contribution is 2.18. The fraction of sp³-hybridized carbons (Fsp3) is 0.250. The fourth-order valence-corrected chi connectivity index (χ4v) is 1.93. The zero-order chi connectivity index (χ0) is 14.5. The Morgan fingerprint density at radius 3 is 2.74 bits per heavy atom. The lowest BCUT2D eigenvalue weighted by Gasteiger charge is -2.10. The van der Waals surface area contributed by atoms with E-state index in [1.54, 1.807) is 6.07 Å². The van der Waals surface area contributed by atoms with Gasteiger partial charge in [-0.2, -0.15) is 5.26 Å². The first-order valence-electron chi connectivity index (χ1n) is 5.30. The first-order valence-corrected chi connectivity index (χ1v) is 6.85. The van der Waals surface area contributed by atoms with E-state index in [1.165, 1.54) is 19.1 Å². The van der Waals surface area contributed by atoms with Gasteiger partial charge in [0.15, 0.2) is 5.25 Å². The third-order valence-corrected chi connectivity index (χ3v) is 3.74. The van der Waals surface area contributed by atoms with Gasteiger partial charge in [-0.3, -0.25) is 4.72 Å². The van der Waals surface area contributed by atoms with Gasteiger partial charge in [-0.05, 0) is 25.1 Å². The predicted molar refractivity (Wildman–Crippen MR) is 69.9 cm³/mol. The Hall–Kier alpha value is -2.09. The van der Waals surface area contributed by atoms with Crippen LogP contribution in [0.4, 0.5) is 10.1 Å². The van der Waals surface area contributed by atoms with Crippen molar-refractivity contribution in [3.8, 4) is 17.9 Å². The van der Waals surface area contributed by atoms with Crippen molar-refractivity contribution >= 4 is 15.7 Å². The Bertz CT molecular complexity index is 668. The molecule has 1 rings (SSSR count). The number of nitrogens with one attached hydrogen (secondary N) is 1. The molecular formula is C12H12FN3O2S. The quantitative estimate of drug-likeness (QED) is 0.801. The van der Waals surface area contributed by atoms with Crippen LogP contribution in [0.2, 0.25) is 0 Å². The van der Waals surface area contributed by atoms with Gasteiger partial charge in [0, 0.05) is 5.56 Å². The summed E-state index contributed by atoms with van der Waals surface area (Å²) in [6, 6.07) is 5.38. The number of nitrogens with two attached hydrogens (primary N) is 1. The smallest absolute Gasteiger partial charge is 0.248 e. The van der Waals surface area contributed by atoms with Crippen LogP contribution in [-0.4, -0.2) is 20.2 Å². The standard InChI is InChI=1S/C12H12FN3O2S/c1-9(8-15)19(17,18)16-12-5-4-10(3-2-6-14)7-11(12)13/h4-5,7,9,16H,6,14H2,1H3. The summed E-state index contributed by atoms with van der Waals surface area (Å²) in [7, 11) is -3.92. The van der Waals surface area contributed by atoms with Crippen LogP contribution >= 0.6 is 0 Å². The second kappa shape index (κ2) is 6.19. The van der Waals surface area contributed by atoms with E-state index in [-0.39, 0.29) is 12.2 Å². The normalized spacial score (nSPS) is 11.9. The minimum atomic E-state index is -3.92. The molecule has 0 aliphatic rings. The lowest BCUT2D eigenvalue weighted by Crippen LogP contribution is -2.24. The van der Waals surface area contributed by atoms with Gasteiger partial charge >= 0.3 is 0 Å². The minimum absolute atomic E-state index is 0.148. The van der Waals surface area contributed by atoms with Crippen molar-refractivity contribution < 1.29 is 12.8 Å². The van der Waals surface area contributed by atoms with E-state index in [2.05, 4.69) is 11.8 Å². The van der Waals surface area contributed by atoms with Crippen molar-refractivity contribution in [2.24, 2.45) is 5.73 Å². The van der Waals surface area contributed by atoms with Gasteiger partial charge in [0.2, 0.25) is 10.0 Å². The highest BCUT2D eigenvalue weighted by molar-refractivity contribution is 7.93. The van der Waals surface area contributed by atoms with E-state index in [9.17, 15) is 12.8 Å². The Balaban J connectivity index is 3.03. The lowest BCUT2D eigenvalue weighted by molar-refractivity contribution is 0.594. The molecule has 100 valence electrons. The van der Waals surface area contributed by atoms with Crippen LogP contribution in [-0.2, 0) is 10.0 Å². The largest absolute Gasteiger partial charge is 0.320 e. The van der Waals surface area contributed by atoms with Gasteiger partial charge in [-0.25, -0.2) is 12.8 Å². The summed E-state index contributed by atoms with van der Waals surface area (Å²) in [6.45, 7) is 1.36. The van der Waals surface area contributed by atoms with Crippen LogP contribution in [0.25, 0.3) is 0 Å². The summed E-state index contributed by atoms with van der Waals surface area (Å²) >= 11 is 0. The molecular weight excluding hydrogens is 269 g/mol. The van der Waals surface area contributed by atoms with Crippen LogP contribution < -0.4 is 10.5 Å². The molecule has 0 radical (unpaired) electrons. The van der Waals surface area contributed by atoms with E-state index in [0.29, 0.717) is 5.56 Å². The number of nitrogens with zero attached hydrogens (tertiary/aromatic N) is 1. The number of rotatable bonds is 3. The molecule has 0 spiro atoms. The summed E-state index contributed by atoms with van der Waals surface area (Å²) in [4.78, 5) is 0. The van der Waals surface area contributed by atoms with Crippen LogP contribution in [0.3, 0.4) is 0 Å². The highest BCUT2D eigenvalue weighted by atomic mass is 32.2. The van der Waals surface area contributed by atoms with Crippen LogP contribution in [0, 0.1) is 29.0 Å². The molecule has 0 saturated heterocycles. The Morgan fingerprint density at radius 2 is 2.21 bits per heavy atom. The van der Waals surface area contributed by atoms with Gasteiger partial charge in [0.1, 0.15) is 5.82 Å². The maximum Gasteiger partial charge on any atom is 0.248 e. The zero-order valence-electron chi connectivity index (χ0n) is 10.1. The van der Waals surface area contributed by atoms with Crippen molar-refractivity contribution in [3.63, 3.8) is 0 Å². The maximum absolute atomic E-state index is 13.7. The number of benzene rings is 1. The number of sulfonamides is 1. The third-order valence-electron chi connectivity index (χ3n) is 2.20. The van der Waals surface area contributed by atoms with Gasteiger partial charge in [0.05, 0.1) is 18.3 Å². The van der Waals surface area contributed by atoms with Crippen LogP contribution in [0.5, 0.6) is 0 Å². The summed E-state index contributed by atoms with van der Waals surface area (Å²) < 4.78 is 38.9. The fourth-order valence-electron chi connectivity index (χ4n) is 1.14. The maximum atomic E-state index is 13.7. The van der Waals surface area contributed by atoms with E-state index in [4.69, 9.17) is 11.0 Å². The van der Waals surface area contributed by atoms with Gasteiger partial charge in [0.25, 0.3) is 0 Å². The molecule has 0 aliphatic heterocycles. The van der Waals surface area contributed by atoms with Crippen molar-refractivity contribution in [1.82, 2.24) is 0 Å². The summed E-state index contributed by atoms with van der Waals surface area (Å²) in [5.41, 5.74) is 5.35. The Labute approximate surface area is 111 Å². The first kappa shape index (κ1) is 15.0. The molecule has 1 aromatic carbocycles. The molecule has 0 aliphatic carbocycles. The Morgan fingerprint density at radius 1 is 1.53 bits per heavy atom. The van der Waals surface area contributed by atoms with Crippen LogP contribution in [0.15, 0.2) is 18.2 Å². The zero-order valence-corrected chi connectivity index (χ0v) is 11.0. The third kappa shape index (κ3) is 3.95. The topological polar surface area (TPSA) is 96.0 Å². The van der Waals surface area contributed by atoms with Crippen molar-refractivity contribution in [1.29, 1.82) is 5.26 Å². The molecule has 3 N–H and O–H groups in total. The molecule has 0 saturated carbocycles. The predicted octanol–water partition coefficient (Wildman–Crippen LogP) is 0.790. The SMILES string of the molecule is CC(C#N)S(=O)(=O)Nc1ccc(C#CCN)cc1F. The monoisotopic (exact) mass is 281 g/mol. The first-order chi connectivity index (χ1) is 8.90. The number of hydrogen-bond acceptors (Lipinski definition) is 4. The second-order valence-corrected chi connectivity index (χ2v) is 5.62. The number of halogens is 1. The molecule has 1 atom stereocenters. The van der Waals surface area contributed by atoms with E-state index >= 15 is 0 Å². The molecule has 19 heavy (non-hydrogen) atoms. The van der Waals surface area contributed by atoms with E-state index in [1.807, 2.05) is 4.72 Å². The lowest BCUT2D eigenvalue weighted by atomic mass is 10.2. The van der Waals surface area contributed by atoms with Crippen LogP contribution in [0.1, 0.15) is 12.5 Å². The van der Waals surface area contributed by atoms with Gasteiger partial charge in [-0.1, -0.05) is 11.8 Å². The second-order valence-electron chi connectivity index (χ2n) is 3.62. The van der Waals surface area contributed by atoms with Crippen molar-refractivity contribution in [3.05, 3.63) is 29.6 Å². The number of hydrogen-bond donors (Lipinski definition) is 2. The molecule has 0 heterocycles. The molecule has 1 aromatic rings. The van der Waals surface area contributed by atoms with Crippen molar-refractivity contribution in [2.45, 2.75) is 12.2 Å². The summed E-state index contributed by atoms with van der Waals surface area (Å²) in [5, 5.41) is 7.29. The average molecular weight is 281 g/mol. The minimum Gasteiger partial charge on any atom is -0.320 e. The van der Waals surface area contributed by atoms with Gasteiger partial charge < -0.3 is 5.73 Å². The summed E-state index contributed by atoms with van der Waals surface area (Å²) in [6.07, 6.45) is 0. The molecule has 0 aromatic heterocycles. The number of anilines is 1. The molecule has 5 nitrogen and oxygen atoms in total. The molecule has 0 fully saturated rings. The molecule has 1 unspecified atom stereocenters.